The molecule has 6 heteroatoms. The fraction of sp³-hybridized carbons (Fsp3) is 0.714. The Morgan fingerprint density at radius 1 is 1.40 bits per heavy atom. The lowest BCUT2D eigenvalue weighted by Gasteiger charge is -2.26. The molecule has 110 valence electrons. The Kier molecular flexibility index (Phi) is 4.71. The fourth-order valence-corrected chi connectivity index (χ4v) is 4.16. The summed E-state index contributed by atoms with van der Waals surface area (Å²) in [6.45, 7) is 0.764. The van der Waals surface area contributed by atoms with Crippen molar-refractivity contribution in [3.63, 3.8) is 0 Å². The molecule has 1 aliphatic heterocycles. The smallest absolute Gasteiger partial charge is 0.291 e. The molecule has 1 saturated carbocycles. The largest absolute Gasteiger partial charge is 0.376 e. The SMILES string of the molecule is O=c1c(NC2CCCSC2)c(Br)cnn1CC1CCC1. The summed E-state index contributed by atoms with van der Waals surface area (Å²) in [4.78, 5) is 12.5. The minimum atomic E-state index is 0.0156. The Morgan fingerprint density at radius 3 is 2.90 bits per heavy atom. The Labute approximate surface area is 131 Å². The van der Waals surface area contributed by atoms with Crippen molar-refractivity contribution in [1.82, 2.24) is 9.78 Å². The zero-order valence-electron chi connectivity index (χ0n) is 11.5. The van der Waals surface area contributed by atoms with Gasteiger partial charge in [-0.25, -0.2) is 4.68 Å². The first-order valence-electron chi connectivity index (χ1n) is 7.34. The Bertz CT molecular complexity index is 524. The molecule has 20 heavy (non-hydrogen) atoms. The van der Waals surface area contributed by atoms with Gasteiger partial charge in [0.15, 0.2) is 0 Å². The monoisotopic (exact) mass is 357 g/mol. The predicted molar refractivity (Wildman–Crippen MR) is 87.5 cm³/mol. The number of anilines is 1. The van der Waals surface area contributed by atoms with Gasteiger partial charge in [-0.15, -0.1) is 0 Å². The van der Waals surface area contributed by atoms with Gasteiger partial charge >= 0.3 is 0 Å². The van der Waals surface area contributed by atoms with Crippen molar-refractivity contribution in [1.29, 1.82) is 0 Å². The summed E-state index contributed by atoms with van der Waals surface area (Å²) >= 11 is 5.42. The molecule has 1 aromatic rings. The summed E-state index contributed by atoms with van der Waals surface area (Å²) in [6.07, 6.45) is 7.86. The molecule has 0 aromatic carbocycles. The molecule has 0 radical (unpaired) electrons. The number of hydrogen-bond acceptors (Lipinski definition) is 4. The van der Waals surface area contributed by atoms with E-state index < -0.39 is 0 Å². The molecule has 1 N–H and O–H groups in total. The average molecular weight is 358 g/mol. The Balaban J connectivity index is 1.77. The van der Waals surface area contributed by atoms with Crippen molar-refractivity contribution in [3.05, 3.63) is 21.0 Å². The molecular formula is C14H20BrN3OS. The normalized spacial score (nSPS) is 23.4. The zero-order valence-corrected chi connectivity index (χ0v) is 13.9. The van der Waals surface area contributed by atoms with E-state index in [1.54, 1.807) is 10.9 Å². The van der Waals surface area contributed by atoms with Gasteiger partial charge in [0.25, 0.3) is 5.56 Å². The van der Waals surface area contributed by atoms with Gasteiger partial charge in [0.2, 0.25) is 0 Å². The van der Waals surface area contributed by atoms with Crippen LogP contribution in [0.1, 0.15) is 32.1 Å². The number of thioether (sulfide) groups is 1. The molecule has 2 aliphatic rings. The molecule has 2 heterocycles. The molecule has 2 fully saturated rings. The lowest BCUT2D eigenvalue weighted by molar-refractivity contribution is 0.262. The molecule has 1 unspecified atom stereocenters. The van der Waals surface area contributed by atoms with Gasteiger partial charge in [0.1, 0.15) is 5.69 Å². The number of halogens is 1. The summed E-state index contributed by atoms with van der Waals surface area (Å²) in [5.41, 5.74) is 0.702. The maximum atomic E-state index is 12.5. The van der Waals surface area contributed by atoms with E-state index in [4.69, 9.17) is 0 Å². The van der Waals surface area contributed by atoms with Crippen LogP contribution < -0.4 is 10.9 Å². The van der Waals surface area contributed by atoms with Crippen LogP contribution >= 0.6 is 27.7 Å². The molecule has 1 atom stereocenters. The number of aromatic nitrogens is 2. The highest BCUT2D eigenvalue weighted by Crippen LogP contribution is 2.28. The third-order valence-electron chi connectivity index (χ3n) is 4.16. The summed E-state index contributed by atoms with van der Waals surface area (Å²) in [5, 5.41) is 7.69. The molecule has 3 rings (SSSR count). The minimum Gasteiger partial charge on any atom is -0.376 e. The Hall–Kier alpha value is -0.490. The topological polar surface area (TPSA) is 46.9 Å². The van der Waals surface area contributed by atoms with Crippen LogP contribution in [0.3, 0.4) is 0 Å². The van der Waals surface area contributed by atoms with E-state index in [-0.39, 0.29) is 5.56 Å². The molecule has 1 aromatic heterocycles. The molecular weight excluding hydrogens is 338 g/mol. The molecule has 0 bridgehead atoms. The first-order valence-corrected chi connectivity index (χ1v) is 9.28. The van der Waals surface area contributed by atoms with Crippen molar-refractivity contribution in [3.8, 4) is 0 Å². The van der Waals surface area contributed by atoms with Crippen LogP contribution in [0.15, 0.2) is 15.5 Å². The third kappa shape index (κ3) is 3.22. The predicted octanol–water partition coefficient (Wildman–Crippen LogP) is 3.11. The van der Waals surface area contributed by atoms with E-state index in [0.29, 0.717) is 17.6 Å². The molecule has 4 nitrogen and oxygen atoms in total. The van der Waals surface area contributed by atoms with E-state index in [1.807, 2.05) is 11.8 Å². The van der Waals surface area contributed by atoms with Crippen LogP contribution in [0, 0.1) is 5.92 Å². The van der Waals surface area contributed by atoms with E-state index in [2.05, 4.69) is 26.3 Å². The van der Waals surface area contributed by atoms with Crippen LogP contribution in [-0.4, -0.2) is 27.3 Å². The highest BCUT2D eigenvalue weighted by Gasteiger charge is 2.21. The standard InChI is InChI=1S/C14H20BrN3OS/c15-12-7-16-18(8-10-3-1-4-10)14(19)13(12)17-11-5-2-6-20-9-11/h7,10-11,17H,1-6,8-9H2. The van der Waals surface area contributed by atoms with Crippen LogP contribution in [0.25, 0.3) is 0 Å². The number of hydrogen-bond donors (Lipinski definition) is 1. The second-order valence-corrected chi connectivity index (χ2v) is 7.71. The lowest BCUT2D eigenvalue weighted by Crippen LogP contribution is -2.34. The van der Waals surface area contributed by atoms with Gasteiger partial charge in [0, 0.05) is 18.3 Å². The molecule has 0 amide bonds. The van der Waals surface area contributed by atoms with Gasteiger partial charge in [-0.3, -0.25) is 4.79 Å². The van der Waals surface area contributed by atoms with E-state index in [1.165, 1.54) is 31.4 Å². The molecule has 1 aliphatic carbocycles. The molecule has 0 spiro atoms. The van der Waals surface area contributed by atoms with E-state index in [0.717, 1.165) is 23.2 Å². The van der Waals surface area contributed by atoms with E-state index >= 15 is 0 Å². The average Bonchev–Trinajstić information content (AvgIpc) is 2.42. The Morgan fingerprint density at radius 2 is 2.25 bits per heavy atom. The highest BCUT2D eigenvalue weighted by atomic mass is 79.9. The summed E-state index contributed by atoms with van der Waals surface area (Å²) in [6, 6.07) is 0.400. The maximum absolute atomic E-state index is 12.5. The van der Waals surface area contributed by atoms with Gasteiger partial charge in [-0.1, -0.05) is 6.42 Å². The fourth-order valence-electron chi connectivity index (χ4n) is 2.71. The lowest BCUT2D eigenvalue weighted by atomic mass is 9.85. The second kappa shape index (κ2) is 6.52. The highest BCUT2D eigenvalue weighted by molar-refractivity contribution is 9.10. The first kappa shape index (κ1) is 14.4. The van der Waals surface area contributed by atoms with Gasteiger partial charge in [0.05, 0.1) is 10.7 Å². The van der Waals surface area contributed by atoms with Crippen LogP contribution in [-0.2, 0) is 6.54 Å². The number of rotatable bonds is 4. The van der Waals surface area contributed by atoms with Crippen molar-refractivity contribution < 1.29 is 0 Å². The van der Waals surface area contributed by atoms with Crippen LogP contribution in [0.4, 0.5) is 5.69 Å². The number of nitrogens with zero attached hydrogens (tertiary/aromatic N) is 2. The summed E-state index contributed by atoms with van der Waals surface area (Å²) in [7, 11) is 0. The first-order chi connectivity index (χ1) is 9.74. The van der Waals surface area contributed by atoms with Crippen molar-refractivity contribution >= 4 is 33.4 Å². The van der Waals surface area contributed by atoms with Crippen LogP contribution in [0.5, 0.6) is 0 Å². The zero-order chi connectivity index (χ0) is 13.9. The van der Waals surface area contributed by atoms with Crippen molar-refractivity contribution in [2.45, 2.75) is 44.7 Å². The number of nitrogens with one attached hydrogen (secondary N) is 1. The summed E-state index contributed by atoms with van der Waals surface area (Å²) < 4.78 is 2.41. The summed E-state index contributed by atoms with van der Waals surface area (Å²) in [5.74, 6) is 2.96. The van der Waals surface area contributed by atoms with Gasteiger partial charge < -0.3 is 5.32 Å². The van der Waals surface area contributed by atoms with Gasteiger partial charge in [-0.2, -0.15) is 16.9 Å². The minimum absolute atomic E-state index is 0.0156. The van der Waals surface area contributed by atoms with Gasteiger partial charge in [-0.05, 0) is 53.3 Å². The van der Waals surface area contributed by atoms with Crippen molar-refractivity contribution in [2.75, 3.05) is 16.8 Å². The van der Waals surface area contributed by atoms with Crippen molar-refractivity contribution in [2.24, 2.45) is 5.92 Å². The van der Waals surface area contributed by atoms with E-state index in [9.17, 15) is 4.79 Å². The quantitative estimate of drug-likeness (QED) is 0.899. The second-order valence-electron chi connectivity index (χ2n) is 5.71. The maximum Gasteiger partial charge on any atom is 0.291 e. The molecule has 1 saturated heterocycles. The van der Waals surface area contributed by atoms with Crippen LogP contribution in [0.2, 0.25) is 0 Å². The third-order valence-corrected chi connectivity index (χ3v) is 5.98.